The molecular formula is C19H20N6O2. The van der Waals surface area contributed by atoms with Gasteiger partial charge >= 0.3 is 5.69 Å². The van der Waals surface area contributed by atoms with Crippen LogP contribution in [-0.2, 0) is 6.42 Å². The number of nitro groups is 1. The maximum Gasteiger partial charge on any atom is 0.353 e. The van der Waals surface area contributed by atoms with Crippen molar-refractivity contribution in [2.24, 2.45) is 0 Å². The van der Waals surface area contributed by atoms with E-state index >= 15 is 0 Å². The SMILES string of the molecule is Cc1cccc(Nc2nc(NCCc3ccccc3)nc(N)c2[N+](=O)[O-])c1. The Kier molecular flexibility index (Phi) is 5.46. The molecule has 0 bridgehead atoms. The van der Waals surface area contributed by atoms with Crippen molar-refractivity contribution in [2.45, 2.75) is 13.3 Å². The molecule has 0 unspecified atom stereocenters. The van der Waals surface area contributed by atoms with Crippen LogP contribution in [0.15, 0.2) is 54.6 Å². The second-order valence-corrected chi connectivity index (χ2v) is 6.04. The number of nitrogens with two attached hydrogens (primary N) is 1. The summed E-state index contributed by atoms with van der Waals surface area (Å²) in [4.78, 5) is 19.1. The highest BCUT2D eigenvalue weighted by Gasteiger charge is 2.23. The number of nitrogen functional groups attached to an aromatic ring is 1. The third-order valence-corrected chi connectivity index (χ3v) is 3.91. The fourth-order valence-corrected chi connectivity index (χ4v) is 2.64. The highest BCUT2D eigenvalue weighted by Crippen LogP contribution is 2.31. The van der Waals surface area contributed by atoms with Gasteiger partial charge in [-0.25, -0.2) is 0 Å². The van der Waals surface area contributed by atoms with Crippen LogP contribution in [0.4, 0.5) is 29.0 Å². The van der Waals surface area contributed by atoms with E-state index in [1.54, 1.807) is 6.07 Å². The second kappa shape index (κ2) is 8.13. The predicted molar refractivity (Wildman–Crippen MR) is 106 cm³/mol. The van der Waals surface area contributed by atoms with E-state index in [4.69, 9.17) is 5.73 Å². The number of aromatic nitrogens is 2. The van der Waals surface area contributed by atoms with Crippen LogP contribution in [0.3, 0.4) is 0 Å². The Morgan fingerprint density at radius 2 is 1.89 bits per heavy atom. The third-order valence-electron chi connectivity index (χ3n) is 3.91. The van der Waals surface area contributed by atoms with Crippen LogP contribution in [0.1, 0.15) is 11.1 Å². The smallest absolute Gasteiger partial charge is 0.353 e. The lowest BCUT2D eigenvalue weighted by atomic mass is 10.1. The first-order valence-corrected chi connectivity index (χ1v) is 8.46. The Balaban J connectivity index is 1.81. The van der Waals surface area contributed by atoms with E-state index < -0.39 is 4.92 Å². The molecule has 0 fully saturated rings. The Labute approximate surface area is 156 Å². The number of rotatable bonds is 7. The van der Waals surface area contributed by atoms with Gasteiger partial charge in [0.15, 0.2) is 0 Å². The Morgan fingerprint density at radius 3 is 2.59 bits per heavy atom. The maximum atomic E-state index is 11.4. The van der Waals surface area contributed by atoms with E-state index in [2.05, 4.69) is 20.6 Å². The van der Waals surface area contributed by atoms with Gasteiger partial charge in [0.1, 0.15) is 0 Å². The summed E-state index contributed by atoms with van der Waals surface area (Å²) in [5.41, 5.74) is 8.34. The van der Waals surface area contributed by atoms with Crippen molar-refractivity contribution >= 4 is 29.0 Å². The maximum absolute atomic E-state index is 11.4. The molecule has 0 aliphatic heterocycles. The van der Waals surface area contributed by atoms with Gasteiger partial charge in [0, 0.05) is 12.2 Å². The Morgan fingerprint density at radius 1 is 1.11 bits per heavy atom. The number of aryl methyl sites for hydroxylation is 1. The lowest BCUT2D eigenvalue weighted by molar-refractivity contribution is -0.383. The van der Waals surface area contributed by atoms with Gasteiger partial charge in [0.2, 0.25) is 17.6 Å². The van der Waals surface area contributed by atoms with Crippen molar-refractivity contribution in [3.63, 3.8) is 0 Å². The van der Waals surface area contributed by atoms with Gasteiger partial charge in [0.05, 0.1) is 4.92 Å². The van der Waals surface area contributed by atoms with E-state index in [9.17, 15) is 10.1 Å². The van der Waals surface area contributed by atoms with Gasteiger partial charge < -0.3 is 16.4 Å². The molecule has 0 amide bonds. The zero-order chi connectivity index (χ0) is 19.2. The van der Waals surface area contributed by atoms with Crippen molar-refractivity contribution in [1.29, 1.82) is 0 Å². The molecule has 1 aromatic heterocycles. The van der Waals surface area contributed by atoms with E-state index in [0.717, 1.165) is 17.5 Å². The van der Waals surface area contributed by atoms with Crippen molar-refractivity contribution in [3.05, 3.63) is 75.8 Å². The lowest BCUT2D eigenvalue weighted by Crippen LogP contribution is -2.12. The van der Waals surface area contributed by atoms with Gasteiger partial charge in [-0.1, -0.05) is 42.5 Å². The molecule has 1 heterocycles. The zero-order valence-electron chi connectivity index (χ0n) is 14.8. The summed E-state index contributed by atoms with van der Waals surface area (Å²) in [5, 5.41) is 17.4. The van der Waals surface area contributed by atoms with Gasteiger partial charge in [-0.2, -0.15) is 9.97 Å². The summed E-state index contributed by atoms with van der Waals surface area (Å²) in [6.45, 7) is 2.51. The molecule has 0 aliphatic carbocycles. The first-order valence-electron chi connectivity index (χ1n) is 8.46. The lowest BCUT2D eigenvalue weighted by Gasteiger charge is -2.11. The first-order chi connectivity index (χ1) is 13.0. The largest absolute Gasteiger partial charge is 0.378 e. The molecule has 3 rings (SSSR count). The van der Waals surface area contributed by atoms with Crippen molar-refractivity contribution in [2.75, 3.05) is 22.9 Å². The van der Waals surface area contributed by atoms with E-state index in [-0.39, 0.29) is 23.3 Å². The van der Waals surface area contributed by atoms with Crippen LogP contribution in [-0.4, -0.2) is 21.4 Å². The van der Waals surface area contributed by atoms with E-state index in [1.165, 1.54) is 0 Å². The number of nitrogens with zero attached hydrogens (tertiary/aromatic N) is 3. The summed E-state index contributed by atoms with van der Waals surface area (Å²) < 4.78 is 0. The molecule has 4 N–H and O–H groups in total. The van der Waals surface area contributed by atoms with Crippen molar-refractivity contribution < 1.29 is 4.92 Å². The van der Waals surface area contributed by atoms with Gasteiger partial charge in [-0.05, 0) is 36.6 Å². The number of hydrogen-bond acceptors (Lipinski definition) is 7. The molecule has 2 aromatic carbocycles. The molecule has 0 radical (unpaired) electrons. The fourth-order valence-electron chi connectivity index (χ4n) is 2.64. The molecular weight excluding hydrogens is 344 g/mol. The molecule has 0 atom stereocenters. The summed E-state index contributed by atoms with van der Waals surface area (Å²) >= 11 is 0. The van der Waals surface area contributed by atoms with Gasteiger partial charge in [0.25, 0.3) is 0 Å². The molecule has 138 valence electrons. The number of anilines is 4. The second-order valence-electron chi connectivity index (χ2n) is 6.04. The van der Waals surface area contributed by atoms with Crippen LogP contribution in [0.2, 0.25) is 0 Å². The first kappa shape index (κ1) is 18.1. The molecule has 0 saturated heterocycles. The minimum atomic E-state index is -0.582. The fraction of sp³-hybridized carbons (Fsp3) is 0.158. The highest BCUT2D eigenvalue weighted by molar-refractivity contribution is 5.74. The van der Waals surface area contributed by atoms with Gasteiger partial charge in [-0.15, -0.1) is 0 Å². The molecule has 8 nitrogen and oxygen atoms in total. The Bertz CT molecular complexity index is 946. The molecule has 0 spiro atoms. The molecule has 8 heteroatoms. The number of nitrogens with one attached hydrogen (secondary N) is 2. The van der Waals surface area contributed by atoms with E-state index in [0.29, 0.717) is 12.2 Å². The highest BCUT2D eigenvalue weighted by atomic mass is 16.6. The topological polar surface area (TPSA) is 119 Å². The zero-order valence-corrected chi connectivity index (χ0v) is 14.8. The summed E-state index contributed by atoms with van der Waals surface area (Å²) in [6, 6.07) is 17.4. The quantitative estimate of drug-likeness (QED) is 0.432. The molecule has 0 aliphatic rings. The minimum absolute atomic E-state index is 0.0558. The molecule has 0 saturated carbocycles. The number of benzene rings is 2. The summed E-state index contributed by atoms with van der Waals surface area (Å²) in [5.74, 6) is 0.108. The van der Waals surface area contributed by atoms with Crippen LogP contribution in [0.25, 0.3) is 0 Å². The molecule has 3 aromatic rings. The average molecular weight is 364 g/mol. The van der Waals surface area contributed by atoms with Crippen LogP contribution >= 0.6 is 0 Å². The minimum Gasteiger partial charge on any atom is -0.378 e. The van der Waals surface area contributed by atoms with Crippen molar-refractivity contribution in [1.82, 2.24) is 9.97 Å². The third kappa shape index (κ3) is 4.69. The monoisotopic (exact) mass is 364 g/mol. The summed E-state index contributed by atoms with van der Waals surface area (Å²) in [7, 11) is 0. The standard InChI is InChI=1S/C19H20N6O2/c1-13-6-5-9-15(12-13)22-18-16(25(26)27)17(20)23-19(24-18)21-11-10-14-7-3-2-4-8-14/h2-9,12H,10-11H2,1H3,(H4,20,21,22,23,24). The summed E-state index contributed by atoms with van der Waals surface area (Å²) in [6.07, 6.45) is 0.766. The molecule has 27 heavy (non-hydrogen) atoms. The number of hydrogen-bond donors (Lipinski definition) is 3. The van der Waals surface area contributed by atoms with Crippen LogP contribution in [0, 0.1) is 17.0 Å². The predicted octanol–water partition coefficient (Wildman–Crippen LogP) is 3.67. The van der Waals surface area contributed by atoms with Crippen molar-refractivity contribution in [3.8, 4) is 0 Å². The van der Waals surface area contributed by atoms with Crippen LogP contribution < -0.4 is 16.4 Å². The average Bonchev–Trinajstić information content (AvgIpc) is 2.62. The van der Waals surface area contributed by atoms with Gasteiger partial charge in [-0.3, -0.25) is 10.1 Å². The van der Waals surface area contributed by atoms with E-state index in [1.807, 2.05) is 55.5 Å². The van der Waals surface area contributed by atoms with Crippen LogP contribution in [0.5, 0.6) is 0 Å². The Hall–Kier alpha value is -3.68. The normalized spacial score (nSPS) is 10.4.